The summed E-state index contributed by atoms with van der Waals surface area (Å²) < 4.78 is 18.5. The van der Waals surface area contributed by atoms with Crippen LogP contribution in [0.5, 0.6) is 5.75 Å². The molecule has 3 rings (SSSR count). The summed E-state index contributed by atoms with van der Waals surface area (Å²) in [6.07, 6.45) is 6.48. The van der Waals surface area contributed by atoms with Crippen molar-refractivity contribution >= 4 is 5.69 Å². The zero-order chi connectivity index (χ0) is 17.5. The van der Waals surface area contributed by atoms with Crippen LogP contribution in [0.25, 0.3) is 0 Å². The van der Waals surface area contributed by atoms with E-state index in [2.05, 4.69) is 0 Å². The van der Waals surface area contributed by atoms with Gasteiger partial charge in [-0.25, -0.2) is 4.39 Å². The zero-order valence-corrected chi connectivity index (χ0v) is 13.6. The molecule has 0 bridgehead atoms. The fraction of sp³-hybridized carbons (Fsp3) is 0.647. The Hall–Kier alpha value is -1.73. The predicted octanol–water partition coefficient (Wildman–Crippen LogP) is 3.34. The topological polar surface area (TPSA) is 92.8 Å². The van der Waals surface area contributed by atoms with Crippen molar-refractivity contribution in [1.29, 1.82) is 0 Å². The lowest BCUT2D eigenvalue weighted by atomic mass is 9.95. The molecule has 2 fully saturated rings. The summed E-state index contributed by atoms with van der Waals surface area (Å²) in [5.74, 6) is -0.716. The van der Waals surface area contributed by atoms with Gasteiger partial charge in [0.25, 0.3) is 0 Å². The van der Waals surface area contributed by atoms with Crippen LogP contribution in [0, 0.1) is 15.9 Å². The molecule has 0 radical (unpaired) electrons. The highest BCUT2D eigenvalue weighted by Gasteiger charge is 2.27. The lowest BCUT2D eigenvalue weighted by Gasteiger charge is -2.27. The summed E-state index contributed by atoms with van der Waals surface area (Å²) >= 11 is 0. The maximum Gasteiger partial charge on any atom is 0.311 e. The van der Waals surface area contributed by atoms with E-state index in [1.807, 2.05) is 0 Å². The molecule has 24 heavy (non-hydrogen) atoms. The van der Waals surface area contributed by atoms with Crippen LogP contribution in [0.4, 0.5) is 10.1 Å². The predicted molar refractivity (Wildman–Crippen MR) is 86.4 cm³/mol. The Balaban J connectivity index is 0.000000292. The zero-order valence-electron chi connectivity index (χ0n) is 13.6. The number of rotatable bonds is 3. The van der Waals surface area contributed by atoms with Crippen LogP contribution >= 0.6 is 0 Å². The third-order valence-corrected chi connectivity index (χ3v) is 4.39. The van der Waals surface area contributed by atoms with Crippen LogP contribution in [-0.4, -0.2) is 33.4 Å². The number of nitro benzene ring substituents is 1. The van der Waals surface area contributed by atoms with E-state index in [-0.39, 0.29) is 17.5 Å². The molecule has 0 saturated heterocycles. The summed E-state index contributed by atoms with van der Waals surface area (Å²) in [5.41, 5.74) is -0.283. The van der Waals surface area contributed by atoms with E-state index in [1.54, 1.807) is 0 Å². The standard InChI is InChI=1S/C12H14FNO4.C5H10O/c13-8-5-6-9(14(16)17)12(7-8)18-11-4-2-1-3-10(11)15;6-5-3-1-2-4-5/h5-7,10-11,15H,1-4H2;5-6H,1-4H2. The minimum absolute atomic E-state index is 0.0463. The molecule has 0 amide bonds. The number of hydrogen-bond acceptors (Lipinski definition) is 5. The molecule has 2 unspecified atom stereocenters. The van der Waals surface area contributed by atoms with Gasteiger partial charge in [0.15, 0.2) is 5.75 Å². The molecule has 2 saturated carbocycles. The van der Waals surface area contributed by atoms with Crippen molar-refractivity contribution in [3.8, 4) is 5.75 Å². The normalized spacial score (nSPS) is 24.1. The fourth-order valence-electron chi connectivity index (χ4n) is 3.02. The molecule has 7 heteroatoms. The van der Waals surface area contributed by atoms with Gasteiger partial charge in [-0.1, -0.05) is 19.3 Å². The molecule has 2 atom stereocenters. The summed E-state index contributed by atoms with van der Waals surface area (Å²) in [4.78, 5) is 10.2. The summed E-state index contributed by atoms with van der Waals surface area (Å²) in [7, 11) is 0. The number of benzene rings is 1. The van der Waals surface area contributed by atoms with E-state index in [0.717, 1.165) is 43.9 Å². The van der Waals surface area contributed by atoms with Gasteiger partial charge in [-0.05, 0) is 38.2 Å². The highest BCUT2D eigenvalue weighted by Crippen LogP contribution is 2.31. The number of hydrogen-bond donors (Lipinski definition) is 2. The van der Waals surface area contributed by atoms with Gasteiger partial charge in [0.05, 0.1) is 17.1 Å². The molecule has 2 N–H and O–H groups in total. The first-order valence-corrected chi connectivity index (χ1v) is 8.44. The molecule has 0 aliphatic heterocycles. The van der Waals surface area contributed by atoms with Crippen molar-refractivity contribution in [2.75, 3.05) is 0 Å². The lowest BCUT2D eigenvalue weighted by Crippen LogP contribution is -2.34. The summed E-state index contributed by atoms with van der Waals surface area (Å²) in [6, 6.07) is 3.07. The first kappa shape index (κ1) is 18.6. The number of aliphatic hydroxyl groups is 2. The summed E-state index contributed by atoms with van der Waals surface area (Å²) in [6.45, 7) is 0. The molecule has 134 valence electrons. The average Bonchev–Trinajstić information content (AvgIpc) is 3.01. The maximum atomic E-state index is 13.1. The minimum Gasteiger partial charge on any atom is -0.481 e. The van der Waals surface area contributed by atoms with Crippen molar-refractivity contribution in [1.82, 2.24) is 0 Å². The van der Waals surface area contributed by atoms with E-state index in [9.17, 15) is 19.6 Å². The Morgan fingerprint density at radius 2 is 1.71 bits per heavy atom. The van der Waals surface area contributed by atoms with Crippen molar-refractivity contribution in [2.45, 2.75) is 69.7 Å². The van der Waals surface area contributed by atoms with Gasteiger partial charge >= 0.3 is 5.69 Å². The van der Waals surface area contributed by atoms with Crippen LogP contribution in [-0.2, 0) is 0 Å². The largest absolute Gasteiger partial charge is 0.481 e. The number of ether oxygens (including phenoxy) is 1. The Kier molecular flexibility index (Phi) is 6.93. The molecule has 0 spiro atoms. The van der Waals surface area contributed by atoms with Gasteiger partial charge in [-0.3, -0.25) is 10.1 Å². The third-order valence-electron chi connectivity index (χ3n) is 4.39. The number of aliphatic hydroxyl groups excluding tert-OH is 2. The number of nitrogens with zero attached hydrogens (tertiary/aromatic N) is 1. The van der Waals surface area contributed by atoms with Gasteiger partial charge in [0.1, 0.15) is 11.9 Å². The van der Waals surface area contributed by atoms with Gasteiger partial charge in [0.2, 0.25) is 0 Å². The van der Waals surface area contributed by atoms with Gasteiger partial charge < -0.3 is 14.9 Å². The van der Waals surface area contributed by atoms with Crippen LogP contribution < -0.4 is 4.74 Å². The summed E-state index contributed by atoms with van der Waals surface area (Å²) in [5, 5.41) is 29.3. The van der Waals surface area contributed by atoms with Crippen molar-refractivity contribution < 1.29 is 24.3 Å². The van der Waals surface area contributed by atoms with Crippen LogP contribution in [0.15, 0.2) is 18.2 Å². The minimum atomic E-state index is -0.651. The monoisotopic (exact) mass is 341 g/mol. The first-order chi connectivity index (χ1) is 11.5. The quantitative estimate of drug-likeness (QED) is 0.650. The number of nitro groups is 1. The van der Waals surface area contributed by atoms with Crippen LogP contribution in [0.1, 0.15) is 51.4 Å². The lowest BCUT2D eigenvalue weighted by molar-refractivity contribution is -0.386. The van der Waals surface area contributed by atoms with E-state index in [4.69, 9.17) is 9.84 Å². The smallest absolute Gasteiger partial charge is 0.311 e. The molecule has 1 aromatic carbocycles. The second-order valence-electron chi connectivity index (χ2n) is 6.32. The Morgan fingerprint density at radius 1 is 1.08 bits per heavy atom. The maximum absolute atomic E-state index is 13.1. The van der Waals surface area contributed by atoms with Crippen LogP contribution in [0.3, 0.4) is 0 Å². The molecule has 2 aliphatic rings. The second kappa shape index (κ2) is 8.94. The Morgan fingerprint density at radius 3 is 2.25 bits per heavy atom. The van der Waals surface area contributed by atoms with Crippen molar-refractivity contribution in [3.63, 3.8) is 0 Å². The van der Waals surface area contributed by atoms with Crippen molar-refractivity contribution in [3.05, 3.63) is 34.1 Å². The molecule has 1 aromatic rings. The average molecular weight is 341 g/mol. The first-order valence-electron chi connectivity index (χ1n) is 8.44. The second-order valence-corrected chi connectivity index (χ2v) is 6.32. The van der Waals surface area contributed by atoms with Crippen molar-refractivity contribution in [2.24, 2.45) is 0 Å². The highest BCUT2D eigenvalue weighted by molar-refractivity contribution is 5.46. The van der Waals surface area contributed by atoms with Crippen LogP contribution in [0.2, 0.25) is 0 Å². The SMILES string of the molecule is O=[N+]([O-])c1ccc(F)cc1OC1CCCCC1O.OC1CCCC1. The molecule has 2 aliphatic carbocycles. The molecule has 6 nitrogen and oxygen atoms in total. The van der Waals surface area contributed by atoms with E-state index in [0.29, 0.717) is 12.8 Å². The van der Waals surface area contributed by atoms with E-state index in [1.165, 1.54) is 12.8 Å². The highest BCUT2D eigenvalue weighted by atomic mass is 19.1. The van der Waals surface area contributed by atoms with E-state index >= 15 is 0 Å². The third kappa shape index (κ3) is 5.42. The van der Waals surface area contributed by atoms with E-state index < -0.39 is 22.9 Å². The van der Waals surface area contributed by atoms with Gasteiger partial charge in [0, 0.05) is 12.1 Å². The fourth-order valence-corrected chi connectivity index (χ4v) is 3.02. The molecule has 0 aromatic heterocycles. The number of halogens is 1. The van der Waals surface area contributed by atoms with Gasteiger partial charge in [-0.15, -0.1) is 0 Å². The Bertz CT molecular complexity index is 548. The molecule has 0 heterocycles. The Labute approximate surface area is 140 Å². The molecular weight excluding hydrogens is 317 g/mol. The molecular formula is C17H24FNO5. The van der Waals surface area contributed by atoms with Gasteiger partial charge in [-0.2, -0.15) is 0 Å².